The van der Waals surface area contributed by atoms with Gasteiger partial charge < -0.3 is 9.64 Å². The van der Waals surface area contributed by atoms with Crippen LogP contribution in [0.4, 0.5) is 0 Å². The monoisotopic (exact) mass is 260 g/mol. The minimum atomic E-state index is -0.000833. The molecule has 0 aromatic heterocycles. The maximum atomic E-state index is 12.1. The Morgan fingerprint density at radius 3 is 2.95 bits per heavy atom. The number of nitrogens with zero attached hydrogens (tertiary/aromatic N) is 1. The first kappa shape index (κ1) is 12.6. The van der Waals surface area contributed by atoms with Crippen LogP contribution in [0.3, 0.4) is 0 Å². The van der Waals surface area contributed by atoms with Crippen LogP contribution in [0.5, 0.6) is 0 Å². The van der Waals surface area contributed by atoms with E-state index in [0.717, 1.165) is 13.0 Å². The van der Waals surface area contributed by atoms with Crippen LogP contribution in [0.15, 0.2) is 18.2 Å². The zero-order valence-corrected chi connectivity index (χ0v) is 11.5. The fraction of sp³-hybridized carbons (Fsp3) is 0.533. The number of rotatable bonds is 2. The molecule has 0 aliphatic carbocycles. The van der Waals surface area contributed by atoms with E-state index in [0.29, 0.717) is 13.2 Å². The lowest BCUT2D eigenvalue weighted by Crippen LogP contribution is -2.40. The molecule has 2 atom stereocenters. The number of hydrogen-bond donors (Lipinski definition) is 1. The summed E-state index contributed by atoms with van der Waals surface area (Å²) < 4.78 is 5.43. The molecule has 1 amide bonds. The van der Waals surface area contributed by atoms with Gasteiger partial charge in [-0.25, -0.2) is 0 Å². The highest BCUT2D eigenvalue weighted by atomic mass is 16.5. The molecule has 4 nitrogen and oxygen atoms in total. The van der Waals surface area contributed by atoms with E-state index < -0.39 is 0 Å². The SMILES string of the molecule is Cc1ccc(C)c(C2NCC(=O)N2C2CCOC2)c1. The van der Waals surface area contributed by atoms with E-state index in [1.54, 1.807) is 0 Å². The Hall–Kier alpha value is -1.39. The number of ether oxygens (including phenoxy) is 1. The van der Waals surface area contributed by atoms with Gasteiger partial charge in [0, 0.05) is 6.61 Å². The van der Waals surface area contributed by atoms with Crippen LogP contribution in [0.1, 0.15) is 29.3 Å². The van der Waals surface area contributed by atoms with Crippen LogP contribution in [-0.2, 0) is 9.53 Å². The summed E-state index contributed by atoms with van der Waals surface area (Å²) in [4.78, 5) is 14.1. The molecule has 2 heterocycles. The first-order valence-electron chi connectivity index (χ1n) is 6.86. The van der Waals surface area contributed by atoms with E-state index in [4.69, 9.17) is 4.74 Å². The summed E-state index contributed by atoms with van der Waals surface area (Å²) in [5, 5.41) is 3.34. The van der Waals surface area contributed by atoms with E-state index in [9.17, 15) is 4.79 Å². The Balaban J connectivity index is 1.93. The van der Waals surface area contributed by atoms with Gasteiger partial charge in [-0.3, -0.25) is 10.1 Å². The molecule has 1 aromatic rings. The first-order chi connectivity index (χ1) is 9.16. The second kappa shape index (κ2) is 4.94. The Kier molecular flexibility index (Phi) is 3.29. The van der Waals surface area contributed by atoms with Gasteiger partial charge in [0.15, 0.2) is 0 Å². The van der Waals surface area contributed by atoms with Crippen LogP contribution < -0.4 is 5.32 Å². The number of aryl methyl sites for hydroxylation is 2. The summed E-state index contributed by atoms with van der Waals surface area (Å²) >= 11 is 0. The number of carbonyl (C=O) groups excluding carboxylic acids is 1. The molecule has 0 radical (unpaired) electrons. The summed E-state index contributed by atoms with van der Waals surface area (Å²) in [5.41, 5.74) is 3.66. The minimum Gasteiger partial charge on any atom is -0.379 e. The molecule has 19 heavy (non-hydrogen) atoms. The highest BCUT2D eigenvalue weighted by Gasteiger charge is 2.38. The molecule has 4 heteroatoms. The average molecular weight is 260 g/mol. The molecule has 0 bridgehead atoms. The highest BCUT2D eigenvalue weighted by Crippen LogP contribution is 2.30. The Morgan fingerprint density at radius 2 is 2.21 bits per heavy atom. The zero-order valence-electron chi connectivity index (χ0n) is 11.5. The predicted octanol–water partition coefficient (Wildman–Crippen LogP) is 1.52. The van der Waals surface area contributed by atoms with Crippen LogP contribution in [0.2, 0.25) is 0 Å². The smallest absolute Gasteiger partial charge is 0.238 e. The summed E-state index contributed by atoms with van der Waals surface area (Å²) in [6, 6.07) is 6.62. The van der Waals surface area contributed by atoms with Crippen molar-refractivity contribution in [1.29, 1.82) is 0 Å². The molecular weight excluding hydrogens is 240 g/mol. The van der Waals surface area contributed by atoms with Gasteiger partial charge in [0.05, 0.1) is 19.2 Å². The standard InChI is InChI=1S/C15H20N2O2/c1-10-3-4-11(2)13(7-10)15-16-8-14(18)17(15)12-5-6-19-9-12/h3-4,7,12,15-16H,5-6,8-9H2,1-2H3. The third-order valence-electron chi connectivity index (χ3n) is 4.04. The third-order valence-corrected chi connectivity index (χ3v) is 4.04. The molecule has 0 saturated carbocycles. The van der Waals surface area contributed by atoms with E-state index in [-0.39, 0.29) is 18.1 Å². The topological polar surface area (TPSA) is 41.6 Å². The number of amides is 1. The van der Waals surface area contributed by atoms with Crippen LogP contribution >= 0.6 is 0 Å². The summed E-state index contributed by atoms with van der Waals surface area (Å²) in [6.07, 6.45) is 0.938. The van der Waals surface area contributed by atoms with Gasteiger partial charge in [0.2, 0.25) is 5.91 Å². The lowest BCUT2D eigenvalue weighted by Gasteiger charge is -2.30. The quantitative estimate of drug-likeness (QED) is 0.876. The number of carbonyl (C=O) groups is 1. The molecule has 2 unspecified atom stereocenters. The molecule has 1 aromatic carbocycles. The summed E-state index contributed by atoms with van der Waals surface area (Å²) in [6.45, 7) is 6.03. The number of hydrogen-bond acceptors (Lipinski definition) is 3. The lowest BCUT2D eigenvalue weighted by molar-refractivity contribution is -0.130. The van der Waals surface area contributed by atoms with Crippen molar-refractivity contribution >= 4 is 5.91 Å². The normalized spacial score (nSPS) is 27.3. The maximum Gasteiger partial charge on any atom is 0.238 e. The highest BCUT2D eigenvalue weighted by molar-refractivity contribution is 5.81. The summed E-state index contributed by atoms with van der Waals surface area (Å²) in [5.74, 6) is 0.182. The Bertz CT molecular complexity index is 495. The van der Waals surface area contributed by atoms with E-state index in [1.165, 1.54) is 16.7 Å². The molecule has 2 fully saturated rings. The van der Waals surface area contributed by atoms with Gasteiger partial charge in [0.25, 0.3) is 0 Å². The molecule has 2 aliphatic heterocycles. The first-order valence-corrected chi connectivity index (χ1v) is 6.86. The Labute approximate surface area is 113 Å². The summed E-state index contributed by atoms with van der Waals surface area (Å²) in [7, 11) is 0. The van der Waals surface area contributed by atoms with Crippen molar-refractivity contribution in [3.63, 3.8) is 0 Å². The number of benzene rings is 1. The molecule has 2 saturated heterocycles. The van der Waals surface area contributed by atoms with Crippen molar-refractivity contribution in [2.24, 2.45) is 0 Å². The van der Waals surface area contributed by atoms with Gasteiger partial charge in [0.1, 0.15) is 6.17 Å². The van der Waals surface area contributed by atoms with Crippen molar-refractivity contribution in [3.05, 3.63) is 34.9 Å². The largest absolute Gasteiger partial charge is 0.379 e. The van der Waals surface area contributed by atoms with E-state index in [1.807, 2.05) is 4.90 Å². The Morgan fingerprint density at radius 1 is 1.37 bits per heavy atom. The average Bonchev–Trinajstić information content (AvgIpc) is 3.01. The fourth-order valence-electron chi connectivity index (χ4n) is 2.99. The van der Waals surface area contributed by atoms with Crippen molar-refractivity contribution in [1.82, 2.24) is 10.2 Å². The molecule has 0 spiro atoms. The van der Waals surface area contributed by atoms with Crippen LogP contribution in [0, 0.1) is 13.8 Å². The van der Waals surface area contributed by atoms with Gasteiger partial charge in [-0.2, -0.15) is 0 Å². The molecule has 102 valence electrons. The van der Waals surface area contributed by atoms with Gasteiger partial charge in [-0.15, -0.1) is 0 Å². The molecule has 2 aliphatic rings. The second-order valence-electron chi connectivity index (χ2n) is 5.46. The van der Waals surface area contributed by atoms with Gasteiger partial charge in [-0.1, -0.05) is 23.8 Å². The second-order valence-corrected chi connectivity index (χ2v) is 5.46. The van der Waals surface area contributed by atoms with Crippen molar-refractivity contribution in [2.45, 2.75) is 32.5 Å². The van der Waals surface area contributed by atoms with Crippen LogP contribution in [0.25, 0.3) is 0 Å². The predicted molar refractivity (Wildman–Crippen MR) is 72.7 cm³/mol. The third kappa shape index (κ3) is 2.26. The molecule has 3 rings (SSSR count). The van der Waals surface area contributed by atoms with Gasteiger partial charge >= 0.3 is 0 Å². The van der Waals surface area contributed by atoms with Crippen molar-refractivity contribution < 1.29 is 9.53 Å². The minimum absolute atomic E-state index is 0.000833. The van der Waals surface area contributed by atoms with Gasteiger partial charge in [-0.05, 0) is 31.4 Å². The van der Waals surface area contributed by atoms with E-state index >= 15 is 0 Å². The lowest BCUT2D eigenvalue weighted by atomic mass is 10.0. The maximum absolute atomic E-state index is 12.1. The number of nitrogens with one attached hydrogen (secondary N) is 1. The van der Waals surface area contributed by atoms with Crippen molar-refractivity contribution in [3.8, 4) is 0 Å². The molecular formula is C15H20N2O2. The fourth-order valence-corrected chi connectivity index (χ4v) is 2.99. The van der Waals surface area contributed by atoms with Crippen molar-refractivity contribution in [2.75, 3.05) is 19.8 Å². The molecule has 1 N–H and O–H groups in total. The van der Waals surface area contributed by atoms with Crippen LogP contribution in [-0.4, -0.2) is 36.6 Å². The van der Waals surface area contributed by atoms with E-state index in [2.05, 4.69) is 37.4 Å². The zero-order chi connectivity index (χ0) is 13.4.